The van der Waals surface area contributed by atoms with Crippen molar-refractivity contribution < 1.29 is 27.1 Å². The van der Waals surface area contributed by atoms with Crippen molar-refractivity contribution in [3.05, 3.63) is 75.8 Å². The van der Waals surface area contributed by atoms with Crippen molar-refractivity contribution in [3.8, 4) is 11.3 Å². The summed E-state index contributed by atoms with van der Waals surface area (Å²) in [6, 6.07) is 7.64. The number of halogens is 5. The molecular weight excluding hydrogens is 425 g/mol. The highest BCUT2D eigenvalue weighted by Gasteiger charge is 2.32. The lowest BCUT2D eigenvalue weighted by molar-refractivity contribution is -0.137. The first-order valence-corrected chi connectivity index (χ1v) is 9.40. The van der Waals surface area contributed by atoms with Crippen molar-refractivity contribution in [2.45, 2.75) is 6.18 Å². The number of rotatable bonds is 3. The molecule has 0 unspecified atom stereocenters. The molecule has 0 spiro atoms. The van der Waals surface area contributed by atoms with Crippen LogP contribution in [0.1, 0.15) is 10.6 Å². The number of hydrogen-bond donors (Lipinski definition) is 2. The number of thiazole rings is 1. The predicted molar refractivity (Wildman–Crippen MR) is 104 cm³/mol. The zero-order valence-corrected chi connectivity index (χ0v) is 15.8. The number of nitrogens with one attached hydrogen (secondary N) is 1. The third-order valence-corrected chi connectivity index (χ3v) is 5.40. The van der Waals surface area contributed by atoms with Crippen molar-refractivity contribution in [2.75, 3.05) is 11.4 Å². The highest BCUT2D eigenvalue weighted by Crippen LogP contribution is 2.35. The summed E-state index contributed by atoms with van der Waals surface area (Å²) in [7, 11) is 0. The third-order valence-electron chi connectivity index (χ3n) is 4.54. The molecule has 2 heterocycles. The highest BCUT2D eigenvalue weighted by molar-refractivity contribution is 7.11. The van der Waals surface area contributed by atoms with Crippen molar-refractivity contribution >= 4 is 28.4 Å². The van der Waals surface area contributed by atoms with Gasteiger partial charge in [-0.15, -0.1) is 11.3 Å². The van der Waals surface area contributed by atoms with Crippen LogP contribution >= 0.6 is 11.3 Å². The number of aliphatic hydroxyl groups is 1. The Hall–Kier alpha value is -3.27. The van der Waals surface area contributed by atoms with Crippen molar-refractivity contribution in [3.63, 3.8) is 0 Å². The summed E-state index contributed by atoms with van der Waals surface area (Å²) in [5.74, 6) is -2.42. The van der Waals surface area contributed by atoms with Gasteiger partial charge in [0.25, 0.3) is 0 Å². The second-order valence-corrected chi connectivity index (χ2v) is 7.33. The molecule has 0 aliphatic carbocycles. The number of aliphatic hydroxyl groups excluding tert-OH is 1. The molecule has 3 aromatic rings. The zero-order chi connectivity index (χ0) is 21.6. The molecule has 0 fully saturated rings. The minimum atomic E-state index is -4.44. The lowest BCUT2D eigenvalue weighted by atomic mass is 10.1. The Morgan fingerprint density at radius 3 is 2.37 bits per heavy atom. The molecule has 30 heavy (non-hydrogen) atoms. The van der Waals surface area contributed by atoms with Gasteiger partial charge in [-0.2, -0.15) is 13.2 Å². The van der Waals surface area contributed by atoms with Crippen LogP contribution in [0.25, 0.3) is 16.8 Å². The van der Waals surface area contributed by atoms with Gasteiger partial charge in [-0.05, 0) is 24.3 Å². The molecule has 1 aliphatic heterocycles. The maximum absolute atomic E-state index is 13.5. The normalized spacial score (nSPS) is 14.7. The molecule has 4 nitrogen and oxygen atoms in total. The molecule has 2 N–H and O–H groups in total. The summed E-state index contributed by atoms with van der Waals surface area (Å²) in [6.45, 7) is -0.117. The average molecular weight is 437 g/mol. The van der Waals surface area contributed by atoms with Gasteiger partial charge in [0.2, 0.25) is 0 Å². The van der Waals surface area contributed by atoms with E-state index in [4.69, 9.17) is 5.41 Å². The maximum atomic E-state index is 13.5. The van der Waals surface area contributed by atoms with Crippen LogP contribution in [0.5, 0.6) is 0 Å². The van der Waals surface area contributed by atoms with Crippen LogP contribution in [0.3, 0.4) is 0 Å². The number of amidine groups is 1. The number of aromatic nitrogens is 1. The lowest BCUT2D eigenvalue weighted by Gasteiger charge is -2.18. The first-order chi connectivity index (χ1) is 14.1. The second kappa shape index (κ2) is 7.21. The molecule has 0 bridgehead atoms. The van der Waals surface area contributed by atoms with Crippen LogP contribution in [0, 0.1) is 17.0 Å². The van der Waals surface area contributed by atoms with E-state index >= 15 is 0 Å². The van der Waals surface area contributed by atoms with Gasteiger partial charge in [0.1, 0.15) is 16.6 Å². The van der Waals surface area contributed by atoms with Crippen LogP contribution in [0.2, 0.25) is 0 Å². The fraction of sp³-hybridized carbons (Fsp3) is 0.100. The van der Waals surface area contributed by atoms with Crippen LogP contribution in [0.4, 0.5) is 27.6 Å². The van der Waals surface area contributed by atoms with Gasteiger partial charge in [0, 0.05) is 22.7 Å². The molecule has 0 saturated carbocycles. The number of hydrogen-bond acceptors (Lipinski definition) is 4. The quantitative estimate of drug-likeness (QED) is 0.504. The molecule has 0 radical (unpaired) electrons. The Balaban J connectivity index is 1.60. The summed E-state index contributed by atoms with van der Waals surface area (Å²) >= 11 is 1.11. The van der Waals surface area contributed by atoms with Crippen LogP contribution in [-0.2, 0) is 6.18 Å². The minimum absolute atomic E-state index is 0.117. The Morgan fingerprint density at radius 1 is 1.03 bits per heavy atom. The predicted octanol–water partition coefficient (Wildman–Crippen LogP) is 5.87. The fourth-order valence-electron chi connectivity index (χ4n) is 3.03. The van der Waals surface area contributed by atoms with Gasteiger partial charge >= 0.3 is 6.18 Å². The number of alkyl halides is 3. The summed E-state index contributed by atoms with van der Waals surface area (Å²) < 4.78 is 64.9. The van der Waals surface area contributed by atoms with E-state index in [1.165, 1.54) is 23.1 Å². The number of benzene rings is 2. The van der Waals surface area contributed by atoms with E-state index < -0.39 is 23.4 Å². The summed E-state index contributed by atoms with van der Waals surface area (Å²) in [5.41, 5.74) is 0.389. The Morgan fingerprint density at radius 2 is 1.73 bits per heavy atom. The second-order valence-electron chi connectivity index (χ2n) is 6.47. The molecule has 4 rings (SSSR count). The third kappa shape index (κ3) is 3.54. The summed E-state index contributed by atoms with van der Waals surface area (Å²) in [4.78, 5) is 5.63. The molecule has 1 aliphatic rings. The monoisotopic (exact) mass is 437 g/mol. The zero-order valence-electron chi connectivity index (χ0n) is 15.0. The van der Waals surface area contributed by atoms with Gasteiger partial charge < -0.3 is 10.0 Å². The van der Waals surface area contributed by atoms with E-state index in [1.54, 1.807) is 5.38 Å². The molecule has 0 saturated heterocycles. The van der Waals surface area contributed by atoms with Gasteiger partial charge in [-0.1, -0.05) is 12.1 Å². The maximum Gasteiger partial charge on any atom is 0.416 e. The van der Waals surface area contributed by atoms with E-state index in [-0.39, 0.29) is 34.4 Å². The summed E-state index contributed by atoms with van der Waals surface area (Å²) in [5, 5.41) is 20.6. The van der Waals surface area contributed by atoms with Crippen LogP contribution < -0.4 is 4.90 Å². The Labute approximate surface area is 171 Å². The SMILES string of the molecule is N=C1C(c2nc(-c3ccc(C(F)(F)F)cc3)cs2)=C(O)CN1c1ccc(F)c(F)c1. The van der Waals surface area contributed by atoms with Gasteiger partial charge in [0.05, 0.1) is 23.4 Å². The van der Waals surface area contributed by atoms with Crippen molar-refractivity contribution in [2.24, 2.45) is 0 Å². The molecule has 154 valence electrons. The molecule has 0 atom stereocenters. The Bertz CT molecular complexity index is 1170. The van der Waals surface area contributed by atoms with Crippen LogP contribution in [0.15, 0.2) is 53.6 Å². The fourth-order valence-corrected chi connectivity index (χ4v) is 3.92. The number of anilines is 1. The van der Waals surface area contributed by atoms with Crippen molar-refractivity contribution in [1.29, 1.82) is 5.41 Å². The van der Waals surface area contributed by atoms with Crippen LogP contribution in [-0.4, -0.2) is 22.5 Å². The minimum Gasteiger partial charge on any atom is -0.510 e. The molecule has 0 amide bonds. The first-order valence-electron chi connectivity index (χ1n) is 8.52. The van der Waals surface area contributed by atoms with Gasteiger partial charge in [-0.3, -0.25) is 5.41 Å². The van der Waals surface area contributed by atoms with E-state index in [0.717, 1.165) is 35.6 Å². The smallest absolute Gasteiger partial charge is 0.416 e. The Kier molecular flexibility index (Phi) is 4.81. The molecule has 2 aromatic carbocycles. The van der Waals surface area contributed by atoms with Gasteiger partial charge in [-0.25, -0.2) is 13.8 Å². The highest BCUT2D eigenvalue weighted by atomic mass is 32.1. The molecule has 10 heteroatoms. The van der Waals surface area contributed by atoms with E-state index in [0.29, 0.717) is 11.3 Å². The number of nitrogens with zero attached hydrogens (tertiary/aromatic N) is 2. The largest absolute Gasteiger partial charge is 0.510 e. The topological polar surface area (TPSA) is 60.2 Å². The lowest BCUT2D eigenvalue weighted by Crippen LogP contribution is -2.26. The molecule has 1 aromatic heterocycles. The van der Waals surface area contributed by atoms with E-state index in [2.05, 4.69) is 4.98 Å². The van der Waals surface area contributed by atoms with Crippen molar-refractivity contribution in [1.82, 2.24) is 4.98 Å². The van der Waals surface area contributed by atoms with E-state index in [9.17, 15) is 27.1 Å². The molecular formula is C20H12F5N3OS. The summed E-state index contributed by atoms with van der Waals surface area (Å²) in [6.07, 6.45) is -4.44. The van der Waals surface area contributed by atoms with E-state index in [1.807, 2.05) is 0 Å². The standard InChI is InChI=1S/C20H12F5N3OS/c21-13-6-5-12(7-14(13)22)28-8-16(29)17(18(28)26)19-27-15(9-30-19)10-1-3-11(4-2-10)20(23,24)25/h1-7,9,26,29H,8H2. The van der Waals surface area contributed by atoms with Gasteiger partial charge in [0.15, 0.2) is 11.6 Å². The first kappa shape index (κ1) is 20.0. The average Bonchev–Trinajstić information content (AvgIpc) is 3.28.